The van der Waals surface area contributed by atoms with Crippen molar-refractivity contribution in [2.75, 3.05) is 5.33 Å². The molecule has 0 radical (unpaired) electrons. The second-order valence-electron chi connectivity index (χ2n) is 2.75. The number of hydrogen-bond donors (Lipinski definition) is 0. The number of rotatable bonds is 6. The lowest BCUT2D eigenvalue weighted by Gasteiger charge is -2.09. The van der Waals surface area contributed by atoms with Gasteiger partial charge in [0.25, 0.3) is 0 Å². The Kier molecular flexibility index (Phi) is 7.23. The average Bonchev–Trinajstić information content (AvgIpc) is 1.98. The molecule has 0 spiro atoms. The first-order chi connectivity index (χ1) is 5.20. The minimum Gasteiger partial charge on any atom is -0.211 e. The summed E-state index contributed by atoms with van der Waals surface area (Å²) in [6.07, 6.45) is 0.592. The molecule has 1 unspecified atom stereocenters. The molecule has 0 aromatic heterocycles. The first-order valence-electron chi connectivity index (χ1n) is 4.04. The lowest BCUT2D eigenvalue weighted by molar-refractivity contribution is 0.132. The third-order valence-corrected chi connectivity index (χ3v) is 2.75. The van der Waals surface area contributed by atoms with Crippen molar-refractivity contribution in [3.05, 3.63) is 0 Å². The van der Waals surface area contributed by atoms with Crippen molar-refractivity contribution in [1.29, 1.82) is 0 Å². The highest BCUT2D eigenvalue weighted by Gasteiger charge is 2.06. The Hall–Kier alpha value is 0.340. The van der Waals surface area contributed by atoms with Gasteiger partial charge in [-0.1, -0.05) is 29.3 Å². The summed E-state index contributed by atoms with van der Waals surface area (Å²) >= 11 is 3.36. The van der Waals surface area contributed by atoms with E-state index < -0.39 is 6.43 Å². The van der Waals surface area contributed by atoms with Crippen LogP contribution in [0.1, 0.15) is 32.6 Å². The molecule has 0 rings (SSSR count). The number of alkyl halides is 3. The van der Waals surface area contributed by atoms with Crippen LogP contribution >= 0.6 is 15.9 Å². The summed E-state index contributed by atoms with van der Waals surface area (Å²) < 4.78 is 23.4. The zero-order valence-electron chi connectivity index (χ0n) is 6.82. The molecule has 0 aromatic rings. The molecule has 0 amide bonds. The average molecular weight is 229 g/mol. The number of hydrogen-bond acceptors (Lipinski definition) is 0. The molecule has 0 fully saturated rings. The summed E-state index contributed by atoms with van der Waals surface area (Å²) in [5, 5.41) is 0.937. The summed E-state index contributed by atoms with van der Waals surface area (Å²) in [4.78, 5) is 0. The Bertz CT molecular complexity index is 82.2. The van der Waals surface area contributed by atoms with E-state index in [1.807, 2.05) is 0 Å². The maximum Gasteiger partial charge on any atom is 0.238 e. The third kappa shape index (κ3) is 6.73. The fraction of sp³-hybridized carbons (Fsp3) is 1.00. The van der Waals surface area contributed by atoms with E-state index in [0.717, 1.165) is 18.2 Å². The monoisotopic (exact) mass is 228 g/mol. The number of halogens is 3. The molecule has 0 aliphatic carbocycles. The fourth-order valence-corrected chi connectivity index (χ4v) is 1.73. The van der Waals surface area contributed by atoms with Gasteiger partial charge in [-0.2, -0.15) is 0 Å². The van der Waals surface area contributed by atoms with Gasteiger partial charge in [0.05, 0.1) is 0 Å². The van der Waals surface area contributed by atoms with Gasteiger partial charge in [-0.15, -0.1) is 0 Å². The van der Waals surface area contributed by atoms with E-state index in [-0.39, 0.29) is 6.42 Å². The summed E-state index contributed by atoms with van der Waals surface area (Å²) in [7, 11) is 0. The smallest absolute Gasteiger partial charge is 0.211 e. The van der Waals surface area contributed by atoms with E-state index in [2.05, 4.69) is 22.9 Å². The van der Waals surface area contributed by atoms with Crippen molar-refractivity contribution in [3.8, 4) is 0 Å². The van der Waals surface area contributed by atoms with Gasteiger partial charge < -0.3 is 0 Å². The van der Waals surface area contributed by atoms with Gasteiger partial charge in [0.15, 0.2) is 0 Å². The van der Waals surface area contributed by atoms with Crippen molar-refractivity contribution in [2.24, 2.45) is 5.92 Å². The van der Waals surface area contributed by atoms with Crippen LogP contribution in [0, 0.1) is 5.92 Å². The zero-order chi connectivity index (χ0) is 8.69. The Morgan fingerprint density at radius 2 is 1.91 bits per heavy atom. The molecular weight excluding hydrogens is 214 g/mol. The van der Waals surface area contributed by atoms with Gasteiger partial charge >= 0.3 is 0 Å². The summed E-state index contributed by atoms with van der Waals surface area (Å²) in [5.74, 6) is 0.578. The van der Waals surface area contributed by atoms with Gasteiger partial charge in [-0.05, 0) is 18.8 Å². The Balaban J connectivity index is 3.21. The normalized spacial score (nSPS) is 13.9. The van der Waals surface area contributed by atoms with Crippen LogP contribution in [0.5, 0.6) is 0 Å². The molecular formula is C8H15BrF2. The molecule has 0 heterocycles. The second kappa shape index (κ2) is 7.01. The molecule has 0 bridgehead atoms. The molecule has 3 heteroatoms. The Morgan fingerprint density at radius 1 is 1.27 bits per heavy atom. The molecule has 0 aromatic carbocycles. The van der Waals surface area contributed by atoms with Crippen molar-refractivity contribution in [1.82, 2.24) is 0 Å². The molecule has 0 N–H and O–H groups in total. The lowest BCUT2D eigenvalue weighted by atomic mass is 10.0. The van der Waals surface area contributed by atoms with Crippen LogP contribution in [-0.2, 0) is 0 Å². The van der Waals surface area contributed by atoms with Crippen LogP contribution in [0.3, 0.4) is 0 Å². The molecule has 0 aliphatic rings. The molecule has 68 valence electrons. The van der Waals surface area contributed by atoms with E-state index in [1.165, 1.54) is 0 Å². The van der Waals surface area contributed by atoms with Crippen molar-refractivity contribution < 1.29 is 8.78 Å². The van der Waals surface area contributed by atoms with Crippen molar-refractivity contribution >= 4 is 15.9 Å². The van der Waals surface area contributed by atoms with E-state index in [0.29, 0.717) is 12.3 Å². The molecule has 11 heavy (non-hydrogen) atoms. The van der Waals surface area contributed by atoms with Gasteiger partial charge in [0, 0.05) is 11.8 Å². The third-order valence-electron chi connectivity index (χ3n) is 1.83. The minimum atomic E-state index is -2.12. The maximum atomic E-state index is 11.7. The van der Waals surface area contributed by atoms with Crippen LogP contribution < -0.4 is 0 Å². The first-order valence-corrected chi connectivity index (χ1v) is 5.17. The molecule has 0 aliphatic heterocycles. The SMILES string of the molecule is CCC(CBr)CCCC(F)F. The van der Waals surface area contributed by atoms with Gasteiger partial charge in [0.2, 0.25) is 6.43 Å². The largest absolute Gasteiger partial charge is 0.238 e. The highest BCUT2D eigenvalue weighted by molar-refractivity contribution is 9.09. The maximum absolute atomic E-state index is 11.7. The Morgan fingerprint density at radius 3 is 2.27 bits per heavy atom. The molecule has 0 nitrogen and oxygen atoms in total. The van der Waals surface area contributed by atoms with E-state index in [9.17, 15) is 8.78 Å². The van der Waals surface area contributed by atoms with Gasteiger partial charge in [-0.25, -0.2) is 8.78 Å². The van der Waals surface area contributed by atoms with Gasteiger partial charge in [-0.3, -0.25) is 0 Å². The van der Waals surface area contributed by atoms with Crippen LogP contribution in [0.25, 0.3) is 0 Å². The highest BCUT2D eigenvalue weighted by atomic mass is 79.9. The van der Waals surface area contributed by atoms with Crippen LogP contribution in [0.15, 0.2) is 0 Å². The summed E-state index contributed by atoms with van der Waals surface area (Å²) in [6, 6.07) is 0. The van der Waals surface area contributed by atoms with Crippen LogP contribution in [0.2, 0.25) is 0 Å². The summed E-state index contributed by atoms with van der Waals surface area (Å²) in [6.45, 7) is 2.09. The summed E-state index contributed by atoms with van der Waals surface area (Å²) in [5.41, 5.74) is 0. The minimum absolute atomic E-state index is 0.0590. The van der Waals surface area contributed by atoms with Gasteiger partial charge in [0.1, 0.15) is 0 Å². The lowest BCUT2D eigenvalue weighted by Crippen LogP contribution is -2.01. The topological polar surface area (TPSA) is 0 Å². The van der Waals surface area contributed by atoms with Crippen LogP contribution in [-0.4, -0.2) is 11.8 Å². The molecule has 1 atom stereocenters. The Labute approximate surface area is 75.5 Å². The molecule has 0 saturated carbocycles. The fourth-order valence-electron chi connectivity index (χ4n) is 0.951. The zero-order valence-corrected chi connectivity index (χ0v) is 8.41. The first kappa shape index (κ1) is 11.3. The predicted molar refractivity (Wildman–Crippen MR) is 47.4 cm³/mol. The predicted octanol–water partition coefficient (Wildman–Crippen LogP) is 3.84. The van der Waals surface area contributed by atoms with Crippen LogP contribution in [0.4, 0.5) is 8.78 Å². The highest BCUT2D eigenvalue weighted by Crippen LogP contribution is 2.16. The molecule has 0 saturated heterocycles. The van der Waals surface area contributed by atoms with Crippen molar-refractivity contribution in [3.63, 3.8) is 0 Å². The van der Waals surface area contributed by atoms with E-state index in [1.54, 1.807) is 0 Å². The van der Waals surface area contributed by atoms with E-state index in [4.69, 9.17) is 0 Å². The van der Waals surface area contributed by atoms with Crippen molar-refractivity contribution in [2.45, 2.75) is 39.0 Å². The van der Waals surface area contributed by atoms with E-state index >= 15 is 0 Å². The quantitative estimate of drug-likeness (QED) is 0.607. The standard InChI is InChI=1S/C8H15BrF2/c1-2-7(6-9)4-3-5-8(10)11/h7-8H,2-6H2,1H3. The second-order valence-corrected chi connectivity index (χ2v) is 3.40.